The summed E-state index contributed by atoms with van der Waals surface area (Å²) in [6, 6.07) is 33.5. The number of hydrogen-bond acceptors (Lipinski definition) is 1. The van der Waals surface area contributed by atoms with E-state index in [0.29, 0.717) is 0 Å². The first-order chi connectivity index (χ1) is 13.4. The van der Waals surface area contributed by atoms with E-state index in [-0.39, 0.29) is 0 Å². The van der Waals surface area contributed by atoms with Gasteiger partial charge in [0.2, 0.25) is 0 Å². The predicted molar refractivity (Wildman–Crippen MR) is 112 cm³/mol. The molecule has 0 spiro atoms. The molecule has 0 atom stereocenters. The van der Waals surface area contributed by atoms with Gasteiger partial charge < -0.3 is 4.57 Å². The first-order valence-corrected chi connectivity index (χ1v) is 9.08. The molecule has 0 aliphatic heterocycles. The van der Waals surface area contributed by atoms with Gasteiger partial charge in [0.25, 0.3) is 0 Å². The van der Waals surface area contributed by atoms with Crippen LogP contribution in [0.25, 0.3) is 39.0 Å². The maximum Gasteiger partial charge on any atom is 0.0969 e. The van der Waals surface area contributed by atoms with Crippen molar-refractivity contribution in [3.8, 4) is 27.9 Å². The standard InChI is InChI=1S/C25H18N2/c1-4-10-19(11-5-1)22-16-17-26-24-23(20-12-6-2-7-13-20)18-27(25(22)24)21-14-8-3-9-15-21/h1-18H. The fourth-order valence-corrected chi connectivity index (χ4v) is 3.62. The second kappa shape index (κ2) is 6.58. The zero-order valence-electron chi connectivity index (χ0n) is 14.8. The third kappa shape index (κ3) is 2.72. The molecule has 2 nitrogen and oxygen atoms in total. The number of aromatic nitrogens is 2. The topological polar surface area (TPSA) is 17.8 Å². The van der Waals surface area contributed by atoms with Crippen LogP contribution in [0, 0.1) is 0 Å². The molecule has 5 aromatic rings. The Labute approximate surface area is 158 Å². The minimum atomic E-state index is 1.02. The lowest BCUT2D eigenvalue weighted by molar-refractivity contribution is 1.13. The van der Waals surface area contributed by atoms with Gasteiger partial charge in [-0.2, -0.15) is 0 Å². The Morgan fingerprint density at radius 1 is 0.556 bits per heavy atom. The Bertz CT molecular complexity index is 1190. The van der Waals surface area contributed by atoms with Crippen molar-refractivity contribution in [3.05, 3.63) is 109 Å². The summed E-state index contributed by atoms with van der Waals surface area (Å²) in [6.07, 6.45) is 4.11. The SMILES string of the molecule is c1ccc(-c2cn(-c3ccccc3)c3c(-c4ccccc4)ccnc23)cc1. The van der Waals surface area contributed by atoms with Gasteiger partial charge in [-0.3, -0.25) is 4.98 Å². The minimum absolute atomic E-state index is 1.02. The summed E-state index contributed by atoms with van der Waals surface area (Å²) in [5.74, 6) is 0. The van der Waals surface area contributed by atoms with Gasteiger partial charge in [0.1, 0.15) is 0 Å². The predicted octanol–water partition coefficient (Wildman–Crippen LogP) is 6.36. The van der Waals surface area contributed by atoms with E-state index in [1.165, 1.54) is 16.7 Å². The van der Waals surface area contributed by atoms with Crippen molar-refractivity contribution >= 4 is 11.0 Å². The van der Waals surface area contributed by atoms with Crippen molar-refractivity contribution in [1.29, 1.82) is 0 Å². The van der Waals surface area contributed by atoms with E-state index in [1.807, 2.05) is 24.4 Å². The highest BCUT2D eigenvalue weighted by atomic mass is 15.0. The molecule has 2 aromatic heterocycles. The van der Waals surface area contributed by atoms with Crippen LogP contribution >= 0.6 is 0 Å². The Morgan fingerprint density at radius 2 is 1.11 bits per heavy atom. The molecule has 27 heavy (non-hydrogen) atoms. The average Bonchev–Trinajstić information content (AvgIpc) is 3.15. The van der Waals surface area contributed by atoms with Crippen LogP contribution in [0.1, 0.15) is 0 Å². The summed E-state index contributed by atoms with van der Waals surface area (Å²) < 4.78 is 2.26. The summed E-state index contributed by atoms with van der Waals surface area (Å²) in [6.45, 7) is 0. The Balaban J connectivity index is 1.87. The minimum Gasteiger partial charge on any atom is -0.314 e. The number of benzene rings is 3. The number of para-hydroxylation sites is 1. The molecule has 0 N–H and O–H groups in total. The molecule has 0 fully saturated rings. The van der Waals surface area contributed by atoms with Crippen molar-refractivity contribution < 1.29 is 0 Å². The highest BCUT2D eigenvalue weighted by Crippen LogP contribution is 2.36. The molecule has 0 saturated heterocycles. The van der Waals surface area contributed by atoms with E-state index in [1.54, 1.807) is 0 Å². The van der Waals surface area contributed by atoms with Crippen LogP contribution in [-0.4, -0.2) is 9.55 Å². The summed E-state index contributed by atoms with van der Waals surface area (Å²) >= 11 is 0. The van der Waals surface area contributed by atoms with Crippen LogP contribution in [0.5, 0.6) is 0 Å². The van der Waals surface area contributed by atoms with Crippen molar-refractivity contribution in [2.24, 2.45) is 0 Å². The lowest BCUT2D eigenvalue weighted by atomic mass is 10.0. The van der Waals surface area contributed by atoms with E-state index in [0.717, 1.165) is 22.3 Å². The van der Waals surface area contributed by atoms with Gasteiger partial charge in [-0.1, -0.05) is 78.9 Å². The third-order valence-electron chi connectivity index (χ3n) is 4.88. The Morgan fingerprint density at radius 3 is 1.74 bits per heavy atom. The molecule has 2 heterocycles. The molecule has 3 aromatic carbocycles. The van der Waals surface area contributed by atoms with Gasteiger partial charge in [-0.05, 0) is 29.3 Å². The fraction of sp³-hybridized carbons (Fsp3) is 0. The quantitative estimate of drug-likeness (QED) is 0.372. The monoisotopic (exact) mass is 346 g/mol. The lowest BCUT2D eigenvalue weighted by Crippen LogP contribution is -1.94. The summed E-state index contributed by atoms with van der Waals surface area (Å²) in [4.78, 5) is 4.77. The van der Waals surface area contributed by atoms with Crippen molar-refractivity contribution in [1.82, 2.24) is 9.55 Å². The van der Waals surface area contributed by atoms with Crippen LogP contribution in [-0.2, 0) is 0 Å². The molecule has 0 aliphatic rings. The zero-order valence-corrected chi connectivity index (χ0v) is 14.8. The van der Waals surface area contributed by atoms with Gasteiger partial charge in [0, 0.05) is 29.2 Å². The average molecular weight is 346 g/mol. The largest absolute Gasteiger partial charge is 0.314 e. The van der Waals surface area contributed by atoms with Gasteiger partial charge in [-0.25, -0.2) is 0 Å². The van der Waals surface area contributed by atoms with Crippen LogP contribution in [0.2, 0.25) is 0 Å². The third-order valence-corrected chi connectivity index (χ3v) is 4.88. The first-order valence-electron chi connectivity index (χ1n) is 9.08. The second-order valence-electron chi connectivity index (χ2n) is 6.54. The van der Waals surface area contributed by atoms with Crippen LogP contribution < -0.4 is 0 Å². The maximum atomic E-state index is 4.77. The molecule has 2 heteroatoms. The van der Waals surface area contributed by atoms with Crippen molar-refractivity contribution in [3.63, 3.8) is 0 Å². The van der Waals surface area contributed by atoms with Crippen LogP contribution in [0.3, 0.4) is 0 Å². The number of pyridine rings is 1. The molecule has 0 saturated carbocycles. The van der Waals surface area contributed by atoms with Gasteiger partial charge in [0.15, 0.2) is 0 Å². The molecule has 0 amide bonds. The smallest absolute Gasteiger partial charge is 0.0969 e. The van der Waals surface area contributed by atoms with Crippen molar-refractivity contribution in [2.45, 2.75) is 0 Å². The zero-order chi connectivity index (χ0) is 18.1. The van der Waals surface area contributed by atoms with Crippen LogP contribution in [0.15, 0.2) is 109 Å². The number of hydrogen-bond donors (Lipinski definition) is 0. The van der Waals surface area contributed by atoms with E-state index in [4.69, 9.17) is 4.98 Å². The Kier molecular flexibility index (Phi) is 3.80. The van der Waals surface area contributed by atoms with E-state index in [9.17, 15) is 0 Å². The van der Waals surface area contributed by atoms with Crippen LogP contribution in [0.4, 0.5) is 0 Å². The van der Waals surface area contributed by atoms with E-state index >= 15 is 0 Å². The molecule has 5 rings (SSSR count). The van der Waals surface area contributed by atoms with Gasteiger partial charge >= 0.3 is 0 Å². The first kappa shape index (κ1) is 15.6. The molecule has 0 radical (unpaired) electrons. The highest BCUT2D eigenvalue weighted by Gasteiger charge is 2.16. The number of rotatable bonds is 3. The maximum absolute atomic E-state index is 4.77. The number of fused-ring (bicyclic) bond motifs is 1. The molecule has 0 bridgehead atoms. The van der Waals surface area contributed by atoms with E-state index in [2.05, 4.69) is 89.6 Å². The normalized spacial score (nSPS) is 11.0. The second-order valence-corrected chi connectivity index (χ2v) is 6.54. The Hall–Kier alpha value is -3.65. The summed E-state index contributed by atoms with van der Waals surface area (Å²) in [7, 11) is 0. The highest BCUT2D eigenvalue weighted by molar-refractivity contribution is 6.02. The molecular weight excluding hydrogens is 328 g/mol. The lowest BCUT2D eigenvalue weighted by Gasteiger charge is -2.09. The van der Waals surface area contributed by atoms with Crippen molar-refractivity contribution in [2.75, 3.05) is 0 Å². The van der Waals surface area contributed by atoms with Gasteiger partial charge in [0.05, 0.1) is 11.0 Å². The summed E-state index contributed by atoms with van der Waals surface area (Å²) in [5.41, 5.74) is 7.99. The molecule has 128 valence electrons. The fourth-order valence-electron chi connectivity index (χ4n) is 3.62. The van der Waals surface area contributed by atoms with E-state index < -0.39 is 0 Å². The number of nitrogens with zero attached hydrogens (tertiary/aromatic N) is 2. The summed E-state index contributed by atoms with van der Waals surface area (Å²) in [5, 5.41) is 0. The molecular formula is C25H18N2. The molecule has 0 aliphatic carbocycles. The van der Waals surface area contributed by atoms with Gasteiger partial charge in [-0.15, -0.1) is 0 Å². The molecule has 0 unspecified atom stereocenters.